The molecule has 2 heterocycles. The molecule has 136 valence electrons. The van der Waals surface area contributed by atoms with Crippen LogP contribution in [0.25, 0.3) is 0 Å². The maximum absolute atomic E-state index is 13.0. The number of carbonyl (C=O) groups is 2. The Labute approximate surface area is 148 Å². The molecule has 0 saturated carbocycles. The largest absolute Gasteiger partial charge is 0.486 e. The Kier molecular flexibility index (Phi) is 4.39. The van der Waals surface area contributed by atoms with Crippen LogP contribution in [0.5, 0.6) is 11.5 Å². The van der Waals surface area contributed by atoms with Crippen molar-refractivity contribution in [1.29, 1.82) is 0 Å². The molecule has 6 nitrogen and oxygen atoms in total. The van der Waals surface area contributed by atoms with Gasteiger partial charge in [-0.15, -0.1) is 0 Å². The number of amides is 2. The Bertz CT molecular complexity index is 697. The van der Waals surface area contributed by atoms with Crippen LogP contribution in [0.1, 0.15) is 46.1 Å². The van der Waals surface area contributed by atoms with Crippen molar-refractivity contribution in [2.75, 3.05) is 13.2 Å². The van der Waals surface area contributed by atoms with Crippen molar-refractivity contribution in [1.82, 2.24) is 10.6 Å². The molecule has 1 aromatic rings. The van der Waals surface area contributed by atoms with Crippen molar-refractivity contribution < 1.29 is 19.1 Å². The number of nitrogens with one attached hydrogen (secondary N) is 2. The van der Waals surface area contributed by atoms with E-state index in [2.05, 4.69) is 10.6 Å². The molecule has 1 aromatic carbocycles. The smallest absolute Gasteiger partial charge is 0.230 e. The van der Waals surface area contributed by atoms with E-state index < -0.39 is 11.0 Å². The van der Waals surface area contributed by atoms with E-state index in [1.807, 2.05) is 45.9 Å². The molecule has 2 amide bonds. The summed E-state index contributed by atoms with van der Waals surface area (Å²) in [6, 6.07) is 5.53. The molecule has 1 atom stereocenters. The van der Waals surface area contributed by atoms with Crippen molar-refractivity contribution in [3.8, 4) is 11.5 Å². The van der Waals surface area contributed by atoms with Crippen LogP contribution in [0.3, 0.4) is 0 Å². The van der Waals surface area contributed by atoms with Crippen LogP contribution in [0.15, 0.2) is 18.2 Å². The molecular formula is C19H26N2O4. The van der Waals surface area contributed by atoms with Crippen LogP contribution >= 0.6 is 0 Å². The van der Waals surface area contributed by atoms with Gasteiger partial charge in [0.15, 0.2) is 11.5 Å². The Morgan fingerprint density at radius 1 is 1.24 bits per heavy atom. The van der Waals surface area contributed by atoms with Crippen molar-refractivity contribution in [3.05, 3.63) is 23.8 Å². The number of hydrogen-bond acceptors (Lipinski definition) is 4. The third kappa shape index (κ3) is 3.43. The van der Waals surface area contributed by atoms with Gasteiger partial charge in [-0.25, -0.2) is 0 Å². The Morgan fingerprint density at radius 2 is 1.92 bits per heavy atom. The van der Waals surface area contributed by atoms with Gasteiger partial charge in [0, 0.05) is 6.42 Å². The number of ether oxygens (including phenoxy) is 2. The van der Waals surface area contributed by atoms with Crippen LogP contribution in [-0.4, -0.2) is 36.6 Å². The first-order valence-corrected chi connectivity index (χ1v) is 8.72. The summed E-state index contributed by atoms with van der Waals surface area (Å²) >= 11 is 0. The third-order valence-electron chi connectivity index (χ3n) is 5.13. The molecule has 2 N–H and O–H groups in total. The molecular weight excluding hydrogens is 320 g/mol. The molecule has 2 aliphatic heterocycles. The monoisotopic (exact) mass is 346 g/mol. The fraction of sp³-hybridized carbons (Fsp3) is 0.579. The van der Waals surface area contributed by atoms with E-state index >= 15 is 0 Å². The zero-order valence-corrected chi connectivity index (χ0v) is 15.3. The molecule has 1 fully saturated rings. The van der Waals surface area contributed by atoms with E-state index in [-0.39, 0.29) is 17.9 Å². The van der Waals surface area contributed by atoms with Gasteiger partial charge in [-0.05, 0) is 51.8 Å². The minimum Gasteiger partial charge on any atom is -0.486 e. The number of piperidine rings is 1. The lowest BCUT2D eigenvalue weighted by Gasteiger charge is -2.41. The standard InChI is InChI=1S/C19H26N2O4/c1-18(2,12-5-6-13-14(11-12)25-10-9-24-13)17(23)20-15-7-8-16(22)21-19(15,3)4/h5-6,11,15H,7-10H2,1-4H3,(H,20,23)(H,21,22). The molecule has 6 heteroatoms. The van der Waals surface area contributed by atoms with Gasteiger partial charge >= 0.3 is 0 Å². The first-order chi connectivity index (χ1) is 11.7. The first-order valence-electron chi connectivity index (χ1n) is 8.72. The average molecular weight is 346 g/mol. The van der Waals surface area contributed by atoms with Crippen molar-refractivity contribution in [2.45, 2.75) is 57.5 Å². The van der Waals surface area contributed by atoms with E-state index in [9.17, 15) is 9.59 Å². The van der Waals surface area contributed by atoms with E-state index in [1.165, 1.54) is 0 Å². The van der Waals surface area contributed by atoms with Crippen molar-refractivity contribution in [2.24, 2.45) is 0 Å². The maximum atomic E-state index is 13.0. The molecule has 3 rings (SSSR count). The average Bonchev–Trinajstić information content (AvgIpc) is 2.56. The summed E-state index contributed by atoms with van der Waals surface area (Å²) in [6.07, 6.45) is 1.07. The van der Waals surface area contributed by atoms with Crippen LogP contribution in [0.4, 0.5) is 0 Å². The number of fused-ring (bicyclic) bond motifs is 1. The Balaban J connectivity index is 1.77. The maximum Gasteiger partial charge on any atom is 0.230 e. The summed E-state index contributed by atoms with van der Waals surface area (Å²) in [7, 11) is 0. The van der Waals surface area contributed by atoms with Gasteiger partial charge in [0.05, 0.1) is 17.0 Å². The lowest BCUT2D eigenvalue weighted by Crippen LogP contribution is -2.63. The molecule has 0 radical (unpaired) electrons. The Hall–Kier alpha value is -2.24. The van der Waals surface area contributed by atoms with E-state index in [0.29, 0.717) is 37.6 Å². The first kappa shape index (κ1) is 17.6. The normalized spacial score (nSPS) is 22.1. The molecule has 1 unspecified atom stereocenters. The van der Waals surface area contributed by atoms with Gasteiger partial charge in [0.1, 0.15) is 13.2 Å². The van der Waals surface area contributed by atoms with Gasteiger partial charge in [-0.1, -0.05) is 6.07 Å². The fourth-order valence-corrected chi connectivity index (χ4v) is 3.30. The summed E-state index contributed by atoms with van der Waals surface area (Å²) in [5.74, 6) is 1.34. The van der Waals surface area contributed by atoms with E-state index in [4.69, 9.17) is 9.47 Å². The molecule has 1 saturated heterocycles. The molecule has 0 aromatic heterocycles. The van der Waals surface area contributed by atoms with Gasteiger partial charge in [-0.2, -0.15) is 0 Å². The lowest BCUT2D eigenvalue weighted by molar-refractivity contribution is -0.130. The van der Waals surface area contributed by atoms with Crippen LogP contribution in [-0.2, 0) is 15.0 Å². The van der Waals surface area contributed by atoms with Gasteiger partial charge < -0.3 is 20.1 Å². The van der Waals surface area contributed by atoms with Crippen molar-refractivity contribution >= 4 is 11.8 Å². The fourth-order valence-electron chi connectivity index (χ4n) is 3.30. The number of benzene rings is 1. The highest BCUT2D eigenvalue weighted by molar-refractivity contribution is 5.88. The second-order valence-electron chi connectivity index (χ2n) is 7.82. The van der Waals surface area contributed by atoms with Crippen LogP contribution < -0.4 is 20.1 Å². The highest BCUT2D eigenvalue weighted by atomic mass is 16.6. The third-order valence-corrected chi connectivity index (χ3v) is 5.13. The molecule has 0 aliphatic carbocycles. The summed E-state index contributed by atoms with van der Waals surface area (Å²) in [5, 5.41) is 6.08. The molecule has 0 bridgehead atoms. The highest BCUT2D eigenvalue weighted by Gasteiger charge is 2.39. The lowest BCUT2D eigenvalue weighted by atomic mass is 9.81. The topological polar surface area (TPSA) is 76.7 Å². The van der Waals surface area contributed by atoms with Gasteiger partial charge in [0.25, 0.3) is 0 Å². The zero-order valence-electron chi connectivity index (χ0n) is 15.3. The quantitative estimate of drug-likeness (QED) is 0.876. The van der Waals surface area contributed by atoms with Crippen molar-refractivity contribution in [3.63, 3.8) is 0 Å². The second-order valence-corrected chi connectivity index (χ2v) is 7.82. The van der Waals surface area contributed by atoms with E-state index in [1.54, 1.807) is 0 Å². The number of carbonyl (C=O) groups excluding carboxylic acids is 2. The predicted molar refractivity (Wildman–Crippen MR) is 93.8 cm³/mol. The number of hydrogen-bond donors (Lipinski definition) is 2. The zero-order chi connectivity index (χ0) is 18.2. The SMILES string of the molecule is CC(C)(C(=O)NC1CCC(=O)NC1(C)C)c1ccc2c(c1)OCCO2. The molecule has 2 aliphatic rings. The van der Waals surface area contributed by atoms with Gasteiger partial charge in [-0.3, -0.25) is 9.59 Å². The predicted octanol–water partition coefficient (Wildman–Crippen LogP) is 1.91. The Morgan fingerprint density at radius 3 is 2.60 bits per heavy atom. The second kappa shape index (κ2) is 6.24. The minimum atomic E-state index is -0.729. The van der Waals surface area contributed by atoms with Crippen LogP contribution in [0.2, 0.25) is 0 Å². The summed E-state index contributed by atoms with van der Waals surface area (Å²) in [6.45, 7) is 8.71. The molecule has 0 spiro atoms. The summed E-state index contributed by atoms with van der Waals surface area (Å²) in [4.78, 5) is 24.6. The van der Waals surface area contributed by atoms with Gasteiger partial charge in [0.2, 0.25) is 11.8 Å². The highest BCUT2D eigenvalue weighted by Crippen LogP contribution is 2.35. The summed E-state index contributed by atoms with van der Waals surface area (Å²) in [5.41, 5.74) is -0.326. The summed E-state index contributed by atoms with van der Waals surface area (Å²) < 4.78 is 11.2. The molecule has 25 heavy (non-hydrogen) atoms. The van der Waals surface area contributed by atoms with Crippen LogP contribution in [0, 0.1) is 0 Å². The minimum absolute atomic E-state index is 0.0293. The number of rotatable bonds is 3. The van der Waals surface area contributed by atoms with E-state index in [0.717, 1.165) is 5.56 Å².